The molecule has 0 aromatic heterocycles. The quantitative estimate of drug-likeness (QED) is 0.0236. The molecule has 0 saturated heterocycles. The Kier molecular flexibility index (Phi) is 37.0. The minimum Gasteiger partial charge on any atom is -0.393 e. The molecule has 0 spiro atoms. The maximum absolute atomic E-state index is 12.8. The molecule has 0 aliphatic carbocycles. The van der Waals surface area contributed by atoms with Crippen molar-refractivity contribution in [2.75, 3.05) is 19.8 Å². The number of carbonyl (C=O) groups excluding carboxylic acids is 1. The van der Waals surface area contributed by atoms with Gasteiger partial charge in [0, 0.05) is 6.54 Å². The second-order valence-corrected chi connectivity index (χ2v) is 15.8. The molecule has 6 N–H and O–H groups in total. The molecule has 52 heavy (non-hydrogen) atoms. The predicted octanol–water partition coefficient (Wildman–Crippen LogP) is 10.5. The maximum atomic E-state index is 12.8. The molecule has 0 aromatic rings. The van der Waals surface area contributed by atoms with E-state index in [1.165, 1.54) is 109 Å². The van der Waals surface area contributed by atoms with Crippen LogP contribution >= 0.6 is 7.82 Å². The van der Waals surface area contributed by atoms with E-state index in [1.807, 2.05) is 6.08 Å². The third kappa shape index (κ3) is 35.7. The van der Waals surface area contributed by atoms with E-state index in [4.69, 9.17) is 14.8 Å². The Morgan fingerprint density at radius 2 is 1.10 bits per heavy atom. The summed E-state index contributed by atoms with van der Waals surface area (Å²) in [5.74, 6) is -0.462. The molecule has 1 amide bonds. The van der Waals surface area contributed by atoms with Crippen LogP contribution in [-0.2, 0) is 18.4 Å². The average Bonchev–Trinajstić information content (AvgIpc) is 3.12. The van der Waals surface area contributed by atoms with Crippen molar-refractivity contribution in [1.82, 2.24) is 5.32 Å². The molecule has 0 saturated carbocycles. The van der Waals surface area contributed by atoms with Gasteiger partial charge in [-0.3, -0.25) is 13.8 Å². The largest absolute Gasteiger partial charge is 0.472 e. The van der Waals surface area contributed by atoms with Gasteiger partial charge in [0.2, 0.25) is 5.91 Å². The van der Waals surface area contributed by atoms with Crippen molar-refractivity contribution in [3.05, 3.63) is 36.5 Å². The van der Waals surface area contributed by atoms with E-state index in [2.05, 4.69) is 43.5 Å². The van der Waals surface area contributed by atoms with Gasteiger partial charge in [0.15, 0.2) is 0 Å². The highest BCUT2D eigenvalue weighted by molar-refractivity contribution is 7.47. The lowest BCUT2D eigenvalue weighted by molar-refractivity contribution is -0.124. The fraction of sp³-hybridized carbons (Fsp3) is 0.833. The van der Waals surface area contributed by atoms with E-state index < -0.39 is 38.6 Å². The Hall–Kier alpha value is -1.32. The fourth-order valence-corrected chi connectivity index (χ4v) is 6.77. The lowest BCUT2D eigenvalue weighted by Crippen LogP contribution is -2.46. The summed E-state index contributed by atoms with van der Waals surface area (Å²) in [6.45, 7) is 3.92. The molecule has 0 fully saturated rings. The number of amides is 1. The number of aliphatic hydroxyl groups excluding tert-OH is 2. The van der Waals surface area contributed by atoms with Crippen LogP contribution in [-0.4, -0.2) is 59.0 Å². The number of unbranched alkanes of at least 4 members (excludes halogenated alkanes) is 21. The third-order valence-corrected chi connectivity index (χ3v) is 10.2. The van der Waals surface area contributed by atoms with Crippen molar-refractivity contribution in [3.8, 4) is 0 Å². The molecule has 0 aliphatic rings. The van der Waals surface area contributed by atoms with Crippen LogP contribution in [0.2, 0.25) is 0 Å². The number of hydrogen-bond acceptors (Lipinski definition) is 7. The number of hydrogen-bond donors (Lipinski definition) is 5. The molecule has 0 rings (SSSR count). The van der Waals surface area contributed by atoms with Crippen molar-refractivity contribution < 1.29 is 33.5 Å². The molecule has 0 radical (unpaired) electrons. The molecule has 0 aromatic carbocycles. The Bertz CT molecular complexity index is 930. The first kappa shape index (κ1) is 50.7. The Balaban J connectivity index is 4.42. The number of phosphoric acid groups is 1. The molecule has 0 bridgehead atoms. The van der Waals surface area contributed by atoms with Gasteiger partial charge in [0.25, 0.3) is 0 Å². The summed E-state index contributed by atoms with van der Waals surface area (Å²) >= 11 is 0. The molecular formula is C42H81N2O7P. The van der Waals surface area contributed by atoms with Gasteiger partial charge in [-0.05, 0) is 57.8 Å². The van der Waals surface area contributed by atoms with Gasteiger partial charge in [-0.25, -0.2) is 4.57 Å². The molecule has 0 heterocycles. The van der Waals surface area contributed by atoms with Gasteiger partial charge in [-0.1, -0.05) is 159 Å². The maximum Gasteiger partial charge on any atom is 0.472 e. The highest BCUT2D eigenvalue weighted by Crippen LogP contribution is 2.43. The van der Waals surface area contributed by atoms with E-state index in [0.717, 1.165) is 44.9 Å². The number of nitrogens with one attached hydrogen (secondary N) is 1. The molecule has 9 nitrogen and oxygen atoms in total. The number of carbonyl (C=O) groups is 1. The molecule has 4 unspecified atom stereocenters. The summed E-state index contributed by atoms with van der Waals surface area (Å²) in [5, 5.41) is 24.0. The van der Waals surface area contributed by atoms with E-state index in [1.54, 1.807) is 6.08 Å². The Morgan fingerprint density at radius 3 is 1.62 bits per heavy atom. The standard InChI is InChI=1S/C42H81N2O7P/c1-3-5-7-9-11-13-15-17-18-19-20-22-24-26-28-30-32-34-41(46)40(38-51-52(48,49)50-36-35-43)44-42(47)37-39(45)33-31-29-27-25-23-21-16-14-12-10-8-6-4-2/h14,16,24,26,32,34,39-41,45-46H,3-13,15,17-23,25,27-31,33,35-38,43H2,1-2H3,(H,44,47)(H,48,49)/b16-14-,26-24+,34-32+. The summed E-state index contributed by atoms with van der Waals surface area (Å²) in [6, 6.07) is -1.00. The van der Waals surface area contributed by atoms with Crippen LogP contribution in [0.1, 0.15) is 187 Å². The SMILES string of the molecule is CCCCCC/C=C\CCCCCCCC(O)CC(=O)NC(COP(=O)(O)OCCN)C(O)/C=C/CC/C=C/CCCCCCCCCCCCC. The van der Waals surface area contributed by atoms with Crippen LogP contribution in [0.15, 0.2) is 36.5 Å². The zero-order valence-corrected chi connectivity index (χ0v) is 34.3. The first-order valence-corrected chi connectivity index (χ1v) is 22.7. The van der Waals surface area contributed by atoms with Crippen LogP contribution < -0.4 is 11.1 Å². The zero-order valence-electron chi connectivity index (χ0n) is 33.4. The van der Waals surface area contributed by atoms with Crippen LogP contribution in [0.25, 0.3) is 0 Å². The molecular weight excluding hydrogens is 675 g/mol. The summed E-state index contributed by atoms with van der Waals surface area (Å²) < 4.78 is 22.0. The average molecular weight is 757 g/mol. The van der Waals surface area contributed by atoms with Crippen LogP contribution in [0.5, 0.6) is 0 Å². The predicted molar refractivity (Wildman–Crippen MR) is 218 cm³/mol. The van der Waals surface area contributed by atoms with Gasteiger partial charge in [0.05, 0.1) is 37.9 Å². The van der Waals surface area contributed by atoms with Crippen molar-refractivity contribution in [3.63, 3.8) is 0 Å². The molecule has 4 atom stereocenters. The van der Waals surface area contributed by atoms with Crippen molar-refractivity contribution in [2.24, 2.45) is 5.73 Å². The summed E-state index contributed by atoms with van der Waals surface area (Å²) in [6.07, 6.45) is 40.9. The first-order chi connectivity index (χ1) is 25.3. The lowest BCUT2D eigenvalue weighted by Gasteiger charge is -2.24. The smallest absolute Gasteiger partial charge is 0.393 e. The van der Waals surface area contributed by atoms with Gasteiger partial charge >= 0.3 is 7.82 Å². The minimum atomic E-state index is -4.41. The fourth-order valence-electron chi connectivity index (χ4n) is 6.01. The highest BCUT2D eigenvalue weighted by Gasteiger charge is 2.27. The second-order valence-electron chi connectivity index (χ2n) is 14.4. The summed E-state index contributed by atoms with van der Waals surface area (Å²) in [5.41, 5.74) is 5.35. The number of phosphoric ester groups is 1. The van der Waals surface area contributed by atoms with Crippen molar-refractivity contribution in [1.29, 1.82) is 0 Å². The van der Waals surface area contributed by atoms with Gasteiger partial charge in [0.1, 0.15) is 0 Å². The number of rotatable bonds is 39. The topological polar surface area (TPSA) is 151 Å². The van der Waals surface area contributed by atoms with Gasteiger partial charge in [-0.15, -0.1) is 0 Å². The van der Waals surface area contributed by atoms with Crippen LogP contribution in [0.4, 0.5) is 0 Å². The van der Waals surface area contributed by atoms with E-state index >= 15 is 0 Å². The van der Waals surface area contributed by atoms with Crippen molar-refractivity contribution in [2.45, 2.75) is 205 Å². The molecule has 10 heteroatoms. The summed E-state index contributed by atoms with van der Waals surface area (Å²) in [4.78, 5) is 22.7. The number of aliphatic hydroxyl groups is 2. The number of allylic oxidation sites excluding steroid dienone is 5. The monoisotopic (exact) mass is 757 g/mol. The molecule has 306 valence electrons. The first-order valence-electron chi connectivity index (χ1n) is 21.2. The van der Waals surface area contributed by atoms with Crippen LogP contribution in [0, 0.1) is 0 Å². The van der Waals surface area contributed by atoms with E-state index in [9.17, 15) is 24.5 Å². The molecule has 0 aliphatic heterocycles. The minimum absolute atomic E-state index is 0.0433. The highest BCUT2D eigenvalue weighted by atomic mass is 31.2. The zero-order chi connectivity index (χ0) is 38.4. The Labute approximate surface area is 319 Å². The lowest BCUT2D eigenvalue weighted by atomic mass is 10.0. The third-order valence-electron chi connectivity index (χ3n) is 9.24. The van der Waals surface area contributed by atoms with E-state index in [0.29, 0.717) is 12.8 Å². The second kappa shape index (κ2) is 38.0. The summed E-state index contributed by atoms with van der Waals surface area (Å²) in [7, 11) is -4.41. The normalized spacial score (nSPS) is 15.1. The van der Waals surface area contributed by atoms with Crippen molar-refractivity contribution >= 4 is 13.7 Å². The Morgan fingerprint density at radius 1 is 0.654 bits per heavy atom. The number of nitrogens with two attached hydrogens (primary N) is 1. The van der Waals surface area contributed by atoms with E-state index in [-0.39, 0.29) is 19.6 Å². The van der Waals surface area contributed by atoms with Crippen LogP contribution in [0.3, 0.4) is 0 Å². The van der Waals surface area contributed by atoms with Gasteiger partial charge < -0.3 is 26.2 Å². The van der Waals surface area contributed by atoms with Gasteiger partial charge in [-0.2, -0.15) is 0 Å².